The number of nitrogens with one attached hydrogen (secondary N) is 2. The third kappa shape index (κ3) is 4.19. The molecule has 7 heteroatoms. The van der Waals surface area contributed by atoms with E-state index in [1.165, 1.54) is 24.2 Å². The minimum absolute atomic E-state index is 0.0261. The average molecular weight is 331 g/mol. The molecule has 23 heavy (non-hydrogen) atoms. The molecule has 0 spiro atoms. The molecule has 1 amide bonds. The molecule has 1 saturated heterocycles. The highest BCUT2D eigenvalue weighted by Crippen LogP contribution is 2.20. The van der Waals surface area contributed by atoms with Crippen LogP contribution in [0.3, 0.4) is 0 Å². The van der Waals surface area contributed by atoms with Crippen LogP contribution in [0.4, 0.5) is 11.5 Å². The van der Waals surface area contributed by atoms with Gasteiger partial charge in [0.05, 0.1) is 16.8 Å². The first-order valence-corrected chi connectivity index (χ1v) is 8.75. The molecule has 0 bridgehead atoms. The molecule has 2 N–H and O–H groups in total. The molecule has 0 saturated carbocycles. The van der Waals surface area contributed by atoms with E-state index in [-0.39, 0.29) is 5.91 Å². The lowest BCUT2D eigenvalue weighted by molar-refractivity contribution is 0.0959. The Morgan fingerprint density at radius 2 is 2.13 bits per heavy atom. The summed E-state index contributed by atoms with van der Waals surface area (Å²) in [6, 6.07) is 3.92. The molecule has 2 aromatic rings. The van der Waals surface area contributed by atoms with Crippen LogP contribution < -0.4 is 15.5 Å². The quantitative estimate of drug-likeness (QED) is 0.795. The van der Waals surface area contributed by atoms with E-state index in [4.69, 9.17) is 0 Å². The van der Waals surface area contributed by atoms with Gasteiger partial charge in [0.2, 0.25) is 0 Å². The van der Waals surface area contributed by atoms with Gasteiger partial charge in [-0.3, -0.25) is 4.79 Å². The number of carbonyl (C=O) groups excluding carboxylic acids is 1. The summed E-state index contributed by atoms with van der Waals surface area (Å²) in [5.41, 5.74) is 2.23. The molecule has 3 heterocycles. The monoisotopic (exact) mass is 331 g/mol. The Morgan fingerprint density at radius 3 is 2.87 bits per heavy atom. The lowest BCUT2D eigenvalue weighted by atomic mass is 10.3. The third-order valence-corrected chi connectivity index (χ3v) is 4.83. The summed E-state index contributed by atoms with van der Waals surface area (Å²) >= 11 is 1.47. The molecule has 0 aromatic carbocycles. The molecule has 0 unspecified atom stereocenters. The highest BCUT2D eigenvalue weighted by atomic mass is 32.1. The van der Waals surface area contributed by atoms with Crippen molar-refractivity contribution in [3.05, 3.63) is 34.2 Å². The van der Waals surface area contributed by atoms with Gasteiger partial charge in [-0.2, -0.15) is 5.10 Å². The van der Waals surface area contributed by atoms with Crippen molar-refractivity contribution < 1.29 is 4.79 Å². The zero-order chi connectivity index (χ0) is 16.1. The first-order chi connectivity index (χ1) is 11.2. The molecule has 1 aliphatic heterocycles. The van der Waals surface area contributed by atoms with E-state index < -0.39 is 0 Å². The molecular formula is C16H21N5OS. The summed E-state index contributed by atoms with van der Waals surface area (Å²) in [4.78, 5) is 15.0. The summed E-state index contributed by atoms with van der Waals surface area (Å²) in [5, 5.41) is 16.2. The maximum absolute atomic E-state index is 11.9. The molecular weight excluding hydrogens is 310 g/mol. The predicted molar refractivity (Wildman–Crippen MR) is 93.4 cm³/mol. The van der Waals surface area contributed by atoms with Gasteiger partial charge in [-0.05, 0) is 36.8 Å². The van der Waals surface area contributed by atoms with Crippen molar-refractivity contribution >= 4 is 28.7 Å². The molecule has 0 aliphatic carbocycles. The molecule has 6 nitrogen and oxygen atoms in total. The minimum Gasteiger partial charge on any atom is -0.370 e. The van der Waals surface area contributed by atoms with Crippen molar-refractivity contribution in [1.29, 1.82) is 0 Å². The number of thiophene rings is 1. The predicted octanol–water partition coefficient (Wildman–Crippen LogP) is 2.29. The molecule has 0 atom stereocenters. The number of hydrogen-bond donors (Lipinski definition) is 2. The van der Waals surface area contributed by atoms with Crippen molar-refractivity contribution in [2.75, 3.05) is 36.4 Å². The fraction of sp³-hybridized carbons (Fsp3) is 0.438. The number of aromatic nitrogens is 2. The van der Waals surface area contributed by atoms with Crippen LogP contribution in [0.1, 0.15) is 28.1 Å². The maximum atomic E-state index is 11.9. The Balaban J connectivity index is 1.45. The SMILES string of the molecule is Cc1csc(C(=O)NCCNc2cc(N3CCCC3)cnn2)c1. The van der Waals surface area contributed by atoms with Crippen molar-refractivity contribution in [2.24, 2.45) is 0 Å². The zero-order valence-corrected chi connectivity index (χ0v) is 14.0. The summed E-state index contributed by atoms with van der Waals surface area (Å²) in [7, 11) is 0. The molecule has 122 valence electrons. The topological polar surface area (TPSA) is 70.2 Å². The van der Waals surface area contributed by atoms with Crippen molar-refractivity contribution in [3.63, 3.8) is 0 Å². The number of rotatable bonds is 6. The van der Waals surface area contributed by atoms with E-state index in [0.717, 1.165) is 35.0 Å². The van der Waals surface area contributed by atoms with Crippen LogP contribution in [0, 0.1) is 6.92 Å². The van der Waals surface area contributed by atoms with Gasteiger partial charge in [-0.1, -0.05) is 0 Å². The number of carbonyl (C=O) groups is 1. The summed E-state index contributed by atoms with van der Waals surface area (Å²) in [6.45, 7) is 5.32. The normalized spacial score (nSPS) is 14.0. The Hall–Kier alpha value is -2.15. The lowest BCUT2D eigenvalue weighted by Gasteiger charge is -2.17. The molecule has 1 fully saturated rings. The Morgan fingerprint density at radius 1 is 1.30 bits per heavy atom. The van der Waals surface area contributed by atoms with Crippen LogP contribution in [0.5, 0.6) is 0 Å². The van der Waals surface area contributed by atoms with Crippen molar-refractivity contribution in [3.8, 4) is 0 Å². The van der Waals surface area contributed by atoms with E-state index in [2.05, 4.69) is 25.7 Å². The van der Waals surface area contributed by atoms with Gasteiger partial charge in [-0.15, -0.1) is 16.4 Å². The maximum Gasteiger partial charge on any atom is 0.261 e. The first-order valence-electron chi connectivity index (χ1n) is 7.87. The van der Waals surface area contributed by atoms with E-state index >= 15 is 0 Å². The van der Waals surface area contributed by atoms with Gasteiger partial charge in [-0.25, -0.2) is 0 Å². The second-order valence-corrected chi connectivity index (χ2v) is 6.58. The number of nitrogens with zero attached hydrogens (tertiary/aromatic N) is 3. The van der Waals surface area contributed by atoms with Gasteiger partial charge in [0.15, 0.2) is 5.82 Å². The van der Waals surface area contributed by atoms with E-state index in [1.807, 2.05) is 24.4 Å². The summed E-state index contributed by atoms with van der Waals surface area (Å²) < 4.78 is 0. The fourth-order valence-corrected chi connectivity index (χ4v) is 3.41. The van der Waals surface area contributed by atoms with Crippen LogP contribution in [-0.4, -0.2) is 42.3 Å². The average Bonchev–Trinajstić information content (AvgIpc) is 3.23. The third-order valence-electron chi connectivity index (χ3n) is 3.78. The van der Waals surface area contributed by atoms with Crippen LogP contribution in [0.25, 0.3) is 0 Å². The largest absolute Gasteiger partial charge is 0.370 e. The molecule has 3 rings (SSSR count). The van der Waals surface area contributed by atoms with Gasteiger partial charge in [0.25, 0.3) is 5.91 Å². The van der Waals surface area contributed by atoms with E-state index in [1.54, 1.807) is 6.20 Å². The zero-order valence-electron chi connectivity index (χ0n) is 13.2. The van der Waals surface area contributed by atoms with Crippen LogP contribution in [0.2, 0.25) is 0 Å². The summed E-state index contributed by atoms with van der Waals surface area (Å²) in [6.07, 6.45) is 4.27. The van der Waals surface area contributed by atoms with Crippen LogP contribution in [-0.2, 0) is 0 Å². The second kappa shape index (κ2) is 7.41. The van der Waals surface area contributed by atoms with Gasteiger partial charge in [0, 0.05) is 32.2 Å². The molecule has 1 aliphatic rings. The highest BCUT2D eigenvalue weighted by Gasteiger charge is 2.13. The summed E-state index contributed by atoms with van der Waals surface area (Å²) in [5.74, 6) is 0.720. The number of amides is 1. The fourth-order valence-electron chi connectivity index (χ4n) is 2.60. The molecule has 2 aromatic heterocycles. The smallest absolute Gasteiger partial charge is 0.261 e. The number of anilines is 2. The van der Waals surface area contributed by atoms with Crippen LogP contribution in [0.15, 0.2) is 23.7 Å². The van der Waals surface area contributed by atoms with E-state index in [9.17, 15) is 4.79 Å². The standard InChI is InChI=1S/C16H21N5OS/c1-12-8-14(23-11-12)16(22)18-5-4-17-15-9-13(10-19-20-15)21-6-2-3-7-21/h8-11H,2-7H2,1H3,(H,17,20)(H,18,22). The minimum atomic E-state index is -0.0261. The van der Waals surface area contributed by atoms with E-state index in [0.29, 0.717) is 13.1 Å². The Labute approximate surface area is 139 Å². The van der Waals surface area contributed by atoms with Gasteiger partial charge in [0.1, 0.15) is 0 Å². The first kappa shape index (κ1) is 15.7. The lowest BCUT2D eigenvalue weighted by Crippen LogP contribution is -2.28. The van der Waals surface area contributed by atoms with Gasteiger partial charge >= 0.3 is 0 Å². The Kier molecular flexibility index (Phi) is 5.07. The second-order valence-electron chi connectivity index (χ2n) is 5.66. The van der Waals surface area contributed by atoms with Crippen molar-refractivity contribution in [1.82, 2.24) is 15.5 Å². The van der Waals surface area contributed by atoms with Crippen LogP contribution >= 0.6 is 11.3 Å². The highest BCUT2D eigenvalue weighted by molar-refractivity contribution is 7.12. The number of aryl methyl sites for hydroxylation is 1. The van der Waals surface area contributed by atoms with Crippen molar-refractivity contribution in [2.45, 2.75) is 19.8 Å². The Bertz CT molecular complexity index is 666. The van der Waals surface area contributed by atoms with Gasteiger partial charge < -0.3 is 15.5 Å². The number of hydrogen-bond acceptors (Lipinski definition) is 6. The molecule has 0 radical (unpaired) electrons.